The number of rotatable bonds is 10. The van der Waals surface area contributed by atoms with E-state index >= 15 is 0 Å². The zero-order chi connectivity index (χ0) is 19.5. The fraction of sp³-hybridized carbons (Fsp3) is 0.526. The molecule has 1 unspecified atom stereocenters. The van der Waals surface area contributed by atoms with E-state index in [1.54, 1.807) is 16.7 Å². The van der Waals surface area contributed by atoms with Crippen LogP contribution in [0.5, 0.6) is 0 Å². The smallest absolute Gasteiger partial charge is 0.238 e. The second kappa shape index (κ2) is 11.6. The molecule has 2 N–H and O–H groups in total. The monoisotopic (exact) mass is 376 g/mol. The number of hydrogen-bond acceptors (Lipinski definition) is 5. The van der Waals surface area contributed by atoms with Crippen molar-refractivity contribution in [1.29, 1.82) is 5.26 Å². The largest absolute Gasteiger partial charge is 0.353 e. The Labute approximate surface area is 160 Å². The number of amides is 2. The number of nitrogens with one attached hydrogen (secondary N) is 2. The van der Waals surface area contributed by atoms with Gasteiger partial charge in [0, 0.05) is 22.6 Å². The number of hydrogen-bond donors (Lipinski definition) is 2. The van der Waals surface area contributed by atoms with Crippen LogP contribution in [0, 0.1) is 11.3 Å². The van der Waals surface area contributed by atoms with Gasteiger partial charge in [0.05, 0.1) is 24.8 Å². The summed E-state index contributed by atoms with van der Waals surface area (Å²) >= 11 is 1.56. The van der Waals surface area contributed by atoms with Gasteiger partial charge in [0.25, 0.3) is 0 Å². The minimum atomic E-state index is -0.162. The maximum Gasteiger partial charge on any atom is 0.238 e. The molecule has 1 aromatic rings. The molecule has 0 aliphatic rings. The average Bonchev–Trinajstić information content (AvgIpc) is 2.55. The minimum absolute atomic E-state index is 0.0781. The standard InChI is InChI=1S/C19H28N4O2S/c1-5-23(12-18(24)21-14(2)3)13-19(25)22-16-8-6-7-9-17(16)26-15(4)10-11-20/h6-9,14-15H,5,10,12-13H2,1-4H3,(H,21,24)(H,22,25). The molecule has 142 valence electrons. The van der Waals surface area contributed by atoms with E-state index in [-0.39, 0.29) is 36.2 Å². The van der Waals surface area contributed by atoms with Gasteiger partial charge in [-0.25, -0.2) is 0 Å². The Hall–Kier alpha value is -2.04. The van der Waals surface area contributed by atoms with Crippen molar-refractivity contribution >= 4 is 29.3 Å². The van der Waals surface area contributed by atoms with Gasteiger partial charge in [-0.2, -0.15) is 5.26 Å². The van der Waals surface area contributed by atoms with Crippen molar-refractivity contribution in [2.75, 3.05) is 25.0 Å². The van der Waals surface area contributed by atoms with E-state index < -0.39 is 0 Å². The quantitative estimate of drug-likeness (QED) is 0.613. The Kier molecular flexibility index (Phi) is 9.78. The molecule has 0 saturated heterocycles. The van der Waals surface area contributed by atoms with Crippen LogP contribution in [0.15, 0.2) is 29.2 Å². The molecule has 1 aromatic carbocycles. The molecule has 26 heavy (non-hydrogen) atoms. The van der Waals surface area contributed by atoms with Gasteiger partial charge in [0.1, 0.15) is 0 Å². The molecule has 0 heterocycles. The van der Waals surface area contributed by atoms with Crippen molar-refractivity contribution in [3.63, 3.8) is 0 Å². The Bertz CT molecular complexity index is 643. The Balaban J connectivity index is 2.66. The number of anilines is 1. The Morgan fingerprint density at radius 1 is 1.19 bits per heavy atom. The van der Waals surface area contributed by atoms with Crippen LogP contribution in [0.4, 0.5) is 5.69 Å². The molecule has 2 amide bonds. The highest BCUT2D eigenvalue weighted by Gasteiger charge is 2.15. The number of likely N-dealkylation sites (N-methyl/N-ethyl adjacent to an activating group) is 1. The van der Waals surface area contributed by atoms with Gasteiger partial charge in [0.2, 0.25) is 11.8 Å². The molecule has 0 saturated carbocycles. The normalized spacial score (nSPS) is 11.9. The lowest BCUT2D eigenvalue weighted by molar-refractivity contribution is -0.123. The third-order valence-corrected chi connectivity index (χ3v) is 4.68. The van der Waals surface area contributed by atoms with Gasteiger partial charge in [-0.1, -0.05) is 26.0 Å². The topological polar surface area (TPSA) is 85.2 Å². The summed E-state index contributed by atoms with van der Waals surface area (Å²) in [4.78, 5) is 27.0. The highest BCUT2D eigenvalue weighted by atomic mass is 32.2. The summed E-state index contributed by atoms with van der Waals surface area (Å²) in [5.41, 5.74) is 0.731. The Morgan fingerprint density at radius 3 is 2.46 bits per heavy atom. The van der Waals surface area contributed by atoms with Crippen LogP contribution >= 0.6 is 11.8 Å². The maximum absolute atomic E-state index is 12.4. The molecule has 7 heteroatoms. The molecule has 0 radical (unpaired) electrons. The number of carbonyl (C=O) groups is 2. The molecule has 6 nitrogen and oxygen atoms in total. The van der Waals surface area contributed by atoms with E-state index in [1.807, 2.05) is 52.0 Å². The fourth-order valence-corrected chi connectivity index (χ4v) is 3.30. The van der Waals surface area contributed by atoms with Crippen molar-refractivity contribution in [2.24, 2.45) is 0 Å². The summed E-state index contributed by atoms with van der Waals surface area (Å²) in [6.07, 6.45) is 0.446. The number of benzene rings is 1. The fourth-order valence-electron chi connectivity index (χ4n) is 2.30. The molecule has 0 fully saturated rings. The number of thioether (sulfide) groups is 1. The number of nitriles is 1. The summed E-state index contributed by atoms with van der Waals surface area (Å²) in [6.45, 7) is 8.66. The summed E-state index contributed by atoms with van der Waals surface area (Å²) < 4.78 is 0. The average molecular weight is 377 g/mol. The van der Waals surface area contributed by atoms with E-state index in [0.29, 0.717) is 13.0 Å². The highest BCUT2D eigenvalue weighted by molar-refractivity contribution is 8.00. The van der Waals surface area contributed by atoms with Crippen molar-refractivity contribution in [2.45, 2.75) is 50.3 Å². The van der Waals surface area contributed by atoms with Gasteiger partial charge >= 0.3 is 0 Å². The van der Waals surface area contributed by atoms with Crippen LogP contribution in [-0.2, 0) is 9.59 Å². The van der Waals surface area contributed by atoms with Crippen LogP contribution in [0.25, 0.3) is 0 Å². The van der Waals surface area contributed by atoms with Crippen LogP contribution in [0.3, 0.4) is 0 Å². The third kappa shape index (κ3) is 8.37. The van der Waals surface area contributed by atoms with Crippen LogP contribution in [-0.4, -0.2) is 47.6 Å². The van der Waals surface area contributed by atoms with E-state index in [1.165, 1.54) is 0 Å². The molecule has 1 atom stereocenters. The SMILES string of the molecule is CCN(CC(=O)Nc1ccccc1SC(C)CC#N)CC(=O)NC(C)C. The second-order valence-electron chi connectivity index (χ2n) is 6.36. The summed E-state index contributed by atoms with van der Waals surface area (Å²) in [5, 5.41) is 14.7. The lowest BCUT2D eigenvalue weighted by atomic mass is 10.3. The zero-order valence-electron chi connectivity index (χ0n) is 15.9. The van der Waals surface area contributed by atoms with E-state index in [0.717, 1.165) is 10.6 Å². The molecule has 0 aliphatic heterocycles. The number of para-hydroxylation sites is 1. The van der Waals surface area contributed by atoms with Crippen molar-refractivity contribution < 1.29 is 9.59 Å². The summed E-state index contributed by atoms with van der Waals surface area (Å²) in [6, 6.07) is 9.79. The van der Waals surface area contributed by atoms with Gasteiger partial charge in [0.15, 0.2) is 0 Å². The van der Waals surface area contributed by atoms with Gasteiger partial charge in [-0.05, 0) is 32.5 Å². The predicted octanol–water partition coefficient (Wildman–Crippen LogP) is 2.87. The predicted molar refractivity (Wildman–Crippen MR) is 106 cm³/mol. The van der Waals surface area contributed by atoms with Crippen molar-refractivity contribution in [3.05, 3.63) is 24.3 Å². The third-order valence-electron chi connectivity index (χ3n) is 3.50. The molecular weight excluding hydrogens is 348 g/mol. The first-order valence-corrected chi connectivity index (χ1v) is 9.67. The van der Waals surface area contributed by atoms with Gasteiger partial charge in [-0.3, -0.25) is 14.5 Å². The number of carbonyl (C=O) groups excluding carboxylic acids is 2. The van der Waals surface area contributed by atoms with Crippen LogP contribution in [0.2, 0.25) is 0 Å². The molecule has 0 spiro atoms. The number of nitrogens with zero attached hydrogens (tertiary/aromatic N) is 2. The summed E-state index contributed by atoms with van der Waals surface area (Å²) in [5.74, 6) is -0.249. The first kappa shape index (κ1) is 22.0. The summed E-state index contributed by atoms with van der Waals surface area (Å²) in [7, 11) is 0. The van der Waals surface area contributed by atoms with Crippen LogP contribution < -0.4 is 10.6 Å². The van der Waals surface area contributed by atoms with E-state index in [4.69, 9.17) is 5.26 Å². The lowest BCUT2D eigenvalue weighted by Gasteiger charge is -2.21. The minimum Gasteiger partial charge on any atom is -0.353 e. The zero-order valence-corrected chi connectivity index (χ0v) is 16.7. The van der Waals surface area contributed by atoms with Crippen molar-refractivity contribution in [1.82, 2.24) is 10.2 Å². The van der Waals surface area contributed by atoms with E-state index in [9.17, 15) is 9.59 Å². The molecule has 0 aromatic heterocycles. The second-order valence-corrected chi connectivity index (χ2v) is 7.84. The van der Waals surface area contributed by atoms with Crippen molar-refractivity contribution in [3.8, 4) is 6.07 Å². The molecule has 1 rings (SSSR count). The first-order valence-electron chi connectivity index (χ1n) is 8.79. The van der Waals surface area contributed by atoms with Gasteiger partial charge in [-0.15, -0.1) is 11.8 Å². The maximum atomic E-state index is 12.4. The van der Waals surface area contributed by atoms with Gasteiger partial charge < -0.3 is 10.6 Å². The van der Waals surface area contributed by atoms with E-state index in [2.05, 4.69) is 16.7 Å². The molecular formula is C19H28N4O2S. The van der Waals surface area contributed by atoms with Crippen LogP contribution in [0.1, 0.15) is 34.1 Å². The molecule has 0 bridgehead atoms. The lowest BCUT2D eigenvalue weighted by Crippen LogP contribution is -2.42. The highest BCUT2D eigenvalue weighted by Crippen LogP contribution is 2.31. The first-order chi connectivity index (χ1) is 12.3. The Morgan fingerprint density at radius 2 is 1.85 bits per heavy atom. The molecule has 0 aliphatic carbocycles.